The first-order valence-corrected chi connectivity index (χ1v) is 7.16. The SMILES string of the molecule is N#Cc1nc(Cc2ccccc2)oc1NCc1ccc(F)cc1. The zero-order chi connectivity index (χ0) is 16.1. The molecule has 23 heavy (non-hydrogen) atoms. The van der Waals surface area contributed by atoms with Crippen molar-refractivity contribution in [2.24, 2.45) is 0 Å². The highest BCUT2D eigenvalue weighted by atomic mass is 19.1. The summed E-state index contributed by atoms with van der Waals surface area (Å²) in [6.45, 7) is 0.426. The number of halogens is 1. The van der Waals surface area contributed by atoms with Crippen molar-refractivity contribution >= 4 is 5.88 Å². The van der Waals surface area contributed by atoms with Crippen LogP contribution in [0.3, 0.4) is 0 Å². The number of benzene rings is 2. The van der Waals surface area contributed by atoms with Crippen LogP contribution in [0.25, 0.3) is 0 Å². The molecule has 1 N–H and O–H groups in total. The van der Waals surface area contributed by atoms with E-state index in [0.29, 0.717) is 24.7 Å². The molecule has 3 rings (SSSR count). The number of nitrogens with one attached hydrogen (secondary N) is 1. The van der Waals surface area contributed by atoms with E-state index in [2.05, 4.69) is 10.3 Å². The van der Waals surface area contributed by atoms with Crippen molar-refractivity contribution in [2.45, 2.75) is 13.0 Å². The number of nitriles is 1. The molecule has 3 aromatic rings. The first-order valence-electron chi connectivity index (χ1n) is 7.16. The molecular formula is C18H14FN3O. The smallest absolute Gasteiger partial charge is 0.232 e. The standard InChI is InChI=1S/C18H14FN3O/c19-15-8-6-14(7-9-15)12-21-18-16(11-20)22-17(23-18)10-13-4-2-1-3-5-13/h1-9,21H,10,12H2. The van der Waals surface area contributed by atoms with Crippen LogP contribution in [-0.2, 0) is 13.0 Å². The Hall–Kier alpha value is -3.13. The van der Waals surface area contributed by atoms with E-state index in [-0.39, 0.29) is 11.5 Å². The molecule has 0 aliphatic carbocycles. The first-order chi connectivity index (χ1) is 11.2. The Morgan fingerprint density at radius 1 is 1.04 bits per heavy atom. The molecular weight excluding hydrogens is 293 g/mol. The van der Waals surface area contributed by atoms with Gasteiger partial charge in [0, 0.05) is 13.0 Å². The molecule has 5 heteroatoms. The average molecular weight is 307 g/mol. The molecule has 114 valence electrons. The van der Waals surface area contributed by atoms with Gasteiger partial charge in [-0.2, -0.15) is 5.26 Å². The van der Waals surface area contributed by atoms with Gasteiger partial charge >= 0.3 is 0 Å². The minimum absolute atomic E-state index is 0.220. The monoisotopic (exact) mass is 307 g/mol. The van der Waals surface area contributed by atoms with Gasteiger partial charge in [0.15, 0.2) is 0 Å². The van der Waals surface area contributed by atoms with Crippen LogP contribution < -0.4 is 5.32 Å². The maximum Gasteiger partial charge on any atom is 0.232 e. The van der Waals surface area contributed by atoms with Gasteiger partial charge < -0.3 is 9.73 Å². The van der Waals surface area contributed by atoms with E-state index < -0.39 is 0 Å². The molecule has 0 spiro atoms. The van der Waals surface area contributed by atoms with Gasteiger partial charge in [0.1, 0.15) is 11.9 Å². The molecule has 0 atom stereocenters. The van der Waals surface area contributed by atoms with Crippen molar-refractivity contribution in [3.05, 3.63) is 83.1 Å². The molecule has 0 saturated heterocycles. The predicted molar refractivity (Wildman–Crippen MR) is 84.2 cm³/mol. The van der Waals surface area contributed by atoms with Crippen LogP contribution in [0.4, 0.5) is 10.3 Å². The molecule has 0 saturated carbocycles. The van der Waals surface area contributed by atoms with E-state index in [9.17, 15) is 4.39 Å². The summed E-state index contributed by atoms with van der Waals surface area (Å²) in [6, 6.07) is 17.9. The van der Waals surface area contributed by atoms with E-state index >= 15 is 0 Å². The molecule has 0 unspecified atom stereocenters. The van der Waals surface area contributed by atoms with E-state index in [1.54, 1.807) is 12.1 Å². The lowest BCUT2D eigenvalue weighted by atomic mass is 10.1. The van der Waals surface area contributed by atoms with Crippen LogP contribution in [0, 0.1) is 17.1 Å². The summed E-state index contributed by atoms with van der Waals surface area (Å²) in [5, 5.41) is 12.2. The van der Waals surface area contributed by atoms with Gasteiger partial charge in [0.25, 0.3) is 0 Å². The van der Waals surface area contributed by atoms with Crippen molar-refractivity contribution in [1.29, 1.82) is 5.26 Å². The predicted octanol–water partition coefficient (Wildman–Crippen LogP) is 3.89. The molecule has 0 amide bonds. The van der Waals surface area contributed by atoms with Crippen LogP contribution in [0.1, 0.15) is 22.7 Å². The van der Waals surface area contributed by atoms with Crippen molar-refractivity contribution in [3.63, 3.8) is 0 Å². The highest BCUT2D eigenvalue weighted by Crippen LogP contribution is 2.20. The average Bonchev–Trinajstić information content (AvgIpc) is 2.97. The number of anilines is 1. The maximum absolute atomic E-state index is 12.9. The number of nitrogens with zero attached hydrogens (tertiary/aromatic N) is 2. The Balaban J connectivity index is 1.72. The maximum atomic E-state index is 12.9. The number of hydrogen-bond donors (Lipinski definition) is 1. The lowest BCUT2D eigenvalue weighted by molar-refractivity contribution is 0.517. The van der Waals surface area contributed by atoms with E-state index in [1.165, 1.54) is 12.1 Å². The molecule has 0 fully saturated rings. The third-order valence-corrected chi connectivity index (χ3v) is 3.34. The fraction of sp³-hybridized carbons (Fsp3) is 0.111. The third-order valence-electron chi connectivity index (χ3n) is 3.34. The third kappa shape index (κ3) is 3.74. The zero-order valence-electron chi connectivity index (χ0n) is 12.3. The Morgan fingerprint density at radius 3 is 2.48 bits per heavy atom. The number of rotatable bonds is 5. The number of aromatic nitrogens is 1. The normalized spacial score (nSPS) is 10.3. The second kappa shape index (κ2) is 6.75. The lowest BCUT2D eigenvalue weighted by Gasteiger charge is -2.03. The molecule has 0 aliphatic heterocycles. The molecule has 0 radical (unpaired) electrons. The van der Waals surface area contributed by atoms with Crippen LogP contribution in [0.5, 0.6) is 0 Å². The summed E-state index contributed by atoms with van der Waals surface area (Å²) < 4.78 is 18.5. The van der Waals surface area contributed by atoms with Crippen molar-refractivity contribution in [2.75, 3.05) is 5.32 Å². The molecule has 0 aliphatic rings. The van der Waals surface area contributed by atoms with Crippen LogP contribution in [-0.4, -0.2) is 4.98 Å². The topological polar surface area (TPSA) is 61.9 Å². The van der Waals surface area contributed by atoms with Crippen molar-refractivity contribution in [1.82, 2.24) is 4.98 Å². The largest absolute Gasteiger partial charge is 0.423 e. The van der Waals surface area contributed by atoms with Gasteiger partial charge in [-0.25, -0.2) is 9.37 Å². The second-order valence-electron chi connectivity index (χ2n) is 5.04. The van der Waals surface area contributed by atoms with Crippen molar-refractivity contribution in [3.8, 4) is 6.07 Å². The Bertz CT molecular complexity index is 820. The summed E-state index contributed by atoms with van der Waals surface area (Å²) in [6.07, 6.45) is 0.522. The fourth-order valence-corrected chi connectivity index (χ4v) is 2.19. The Morgan fingerprint density at radius 2 is 1.78 bits per heavy atom. The summed E-state index contributed by atoms with van der Waals surface area (Å²) in [7, 11) is 0. The van der Waals surface area contributed by atoms with Gasteiger partial charge in [-0.15, -0.1) is 0 Å². The van der Waals surface area contributed by atoms with Crippen molar-refractivity contribution < 1.29 is 8.81 Å². The molecule has 1 aromatic heterocycles. The van der Waals surface area contributed by atoms with Crippen LogP contribution in [0.15, 0.2) is 59.0 Å². The highest BCUT2D eigenvalue weighted by molar-refractivity contribution is 5.46. The van der Waals surface area contributed by atoms with Gasteiger partial charge in [0.05, 0.1) is 0 Å². The molecule has 1 heterocycles. The van der Waals surface area contributed by atoms with Crippen LogP contribution in [0.2, 0.25) is 0 Å². The van der Waals surface area contributed by atoms with Gasteiger partial charge in [-0.3, -0.25) is 0 Å². The molecule has 0 bridgehead atoms. The zero-order valence-corrected chi connectivity index (χ0v) is 12.3. The Kier molecular flexibility index (Phi) is 4.34. The summed E-state index contributed by atoms with van der Waals surface area (Å²) in [5.74, 6) is 0.536. The van der Waals surface area contributed by atoms with E-state index in [0.717, 1.165) is 11.1 Å². The second-order valence-corrected chi connectivity index (χ2v) is 5.04. The molecule has 4 nitrogen and oxygen atoms in total. The summed E-state index contributed by atoms with van der Waals surface area (Å²) in [4.78, 5) is 4.20. The quantitative estimate of drug-likeness (QED) is 0.777. The summed E-state index contributed by atoms with van der Waals surface area (Å²) >= 11 is 0. The Labute approximate surface area is 133 Å². The van der Waals surface area contributed by atoms with E-state index in [4.69, 9.17) is 9.68 Å². The van der Waals surface area contributed by atoms with Gasteiger partial charge in [0.2, 0.25) is 17.5 Å². The lowest BCUT2D eigenvalue weighted by Crippen LogP contribution is -1.99. The van der Waals surface area contributed by atoms with E-state index in [1.807, 2.05) is 36.4 Å². The number of oxazole rings is 1. The van der Waals surface area contributed by atoms with Gasteiger partial charge in [-0.1, -0.05) is 42.5 Å². The minimum Gasteiger partial charge on any atom is -0.423 e. The van der Waals surface area contributed by atoms with Gasteiger partial charge in [-0.05, 0) is 23.3 Å². The summed E-state index contributed by atoms with van der Waals surface area (Å²) in [5.41, 5.74) is 2.16. The number of hydrogen-bond acceptors (Lipinski definition) is 4. The van der Waals surface area contributed by atoms with Crippen LogP contribution >= 0.6 is 0 Å². The molecule has 2 aromatic carbocycles. The fourth-order valence-electron chi connectivity index (χ4n) is 2.19. The minimum atomic E-state index is -0.281. The highest BCUT2D eigenvalue weighted by Gasteiger charge is 2.13. The first kappa shape index (κ1) is 14.8.